The van der Waals surface area contributed by atoms with Crippen molar-refractivity contribution in [3.63, 3.8) is 0 Å². The van der Waals surface area contributed by atoms with Crippen molar-refractivity contribution < 1.29 is 22.3 Å². The Bertz CT molecular complexity index is 812. The molecule has 0 atom stereocenters. The lowest BCUT2D eigenvalue weighted by atomic mass is 10.1. The maximum Gasteiger partial charge on any atom is 0.416 e. The molecule has 0 aliphatic heterocycles. The number of rotatable bonds is 3. The summed E-state index contributed by atoms with van der Waals surface area (Å²) in [6, 6.07) is 4.90. The van der Waals surface area contributed by atoms with Gasteiger partial charge in [0.15, 0.2) is 5.58 Å². The third-order valence-electron chi connectivity index (χ3n) is 3.15. The van der Waals surface area contributed by atoms with Crippen LogP contribution in [0.3, 0.4) is 0 Å². The quantitative estimate of drug-likeness (QED) is 0.732. The molecule has 0 N–H and O–H groups in total. The number of hydrogen-bond acceptors (Lipinski definition) is 4. The van der Waals surface area contributed by atoms with Gasteiger partial charge in [-0.25, -0.2) is 4.98 Å². The Labute approximate surface area is 123 Å². The van der Waals surface area contributed by atoms with E-state index in [1.54, 1.807) is 25.6 Å². The van der Waals surface area contributed by atoms with Crippen LogP contribution in [0.25, 0.3) is 22.6 Å². The lowest BCUT2D eigenvalue weighted by molar-refractivity contribution is -0.137. The van der Waals surface area contributed by atoms with Gasteiger partial charge in [-0.15, -0.1) is 0 Å². The molecule has 0 radical (unpaired) electrons. The zero-order chi connectivity index (χ0) is 15.7. The molecule has 2 aromatic heterocycles. The van der Waals surface area contributed by atoms with Crippen molar-refractivity contribution in [2.75, 3.05) is 7.11 Å². The molecule has 0 fully saturated rings. The highest BCUT2D eigenvalue weighted by Crippen LogP contribution is 2.33. The van der Waals surface area contributed by atoms with E-state index in [0.29, 0.717) is 17.8 Å². The summed E-state index contributed by atoms with van der Waals surface area (Å²) in [5.74, 6) is 0.240. The van der Waals surface area contributed by atoms with Crippen LogP contribution in [0.1, 0.15) is 11.1 Å². The molecule has 0 unspecified atom stereocenters. The molecule has 0 spiro atoms. The van der Waals surface area contributed by atoms with Gasteiger partial charge in [0.1, 0.15) is 5.52 Å². The number of nitrogens with zero attached hydrogens (tertiary/aromatic N) is 2. The third kappa shape index (κ3) is 2.67. The molecule has 114 valence electrons. The Balaban J connectivity index is 2.09. The van der Waals surface area contributed by atoms with Crippen LogP contribution in [0.2, 0.25) is 0 Å². The minimum Gasteiger partial charge on any atom is -0.436 e. The summed E-state index contributed by atoms with van der Waals surface area (Å²) >= 11 is 0. The molecule has 1 aromatic carbocycles. The number of methoxy groups -OCH3 is 1. The summed E-state index contributed by atoms with van der Waals surface area (Å²) in [5, 5.41) is 0. The zero-order valence-corrected chi connectivity index (χ0v) is 11.5. The SMILES string of the molecule is COCc1cnccc1-c1nc2cc(C(F)(F)F)ccc2o1. The average Bonchev–Trinajstić information content (AvgIpc) is 2.90. The first kappa shape index (κ1) is 14.5. The minimum absolute atomic E-state index is 0.157. The van der Waals surface area contributed by atoms with Crippen molar-refractivity contribution in [2.45, 2.75) is 12.8 Å². The second kappa shape index (κ2) is 5.42. The van der Waals surface area contributed by atoms with E-state index in [2.05, 4.69) is 9.97 Å². The summed E-state index contributed by atoms with van der Waals surface area (Å²) in [7, 11) is 1.54. The first-order chi connectivity index (χ1) is 10.5. The van der Waals surface area contributed by atoms with Crippen molar-refractivity contribution in [1.29, 1.82) is 0 Å². The number of fused-ring (bicyclic) bond motifs is 1. The highest BCUT2D eigenvalue weighted by atomic mass is 19.4. The normalized spacial score (nSPS) is 12.0. The van der Waals surface area contributed by atoms with E-state index in [4.69, 9.17) is 9.15 Å². The van der Waals surface area contributed by atoms with Crippen LogP contribution in [0.4, 0.5) is 13.2 Å². The third-order valence-corrected chi connectivity index (χ3v) is 3.15. The van der Waals surface area contributed by atoms with Crippen LogP contribution in [0.15, 0.2) is 41.1 Å². The van der Waals surface area contributed by atoms with Gasteiger partial charge in [-0.05, 0) is 24.3 Å². The standard InChI is InChI=1S/C15H11F3N2O2/c1-21-8-9-7-19-5-4-11(9)14-20-12-6-10(15(16,17)18)2-3-13(12)22-14/h2-7H,8H2,1H3. The van der Waals surface area contributed by atoms with Crippen LogP contribution in [0.5, 0.6) is 0 Å². The number of halogens is 3. The number of oxazole rings is 1. The summed E-state index contributed by atoms with van der Waals surface area (Å²) in [5.41, 5.74) is 1.08. The molecule has 0 aliphatic rings. The van der Waals surface area contributed by atoms with Gasteiger partial charge < -0.3 is 9.15 Å². The average molecular weight is 308 g/mol. The Kier molecular flexibility index (Phi) is 3.58. The van der Waals surface area contributed by atoms with Crippen LogP contribution in [0, 0.1) is 0 Å². The topological polar surface area (TPSA) is 48.2 Å². The number of hydrogen-bond donors (Lipinski definition) is 0. The van der Waals surface area contributed by atoms with E-state index in [9.17, 15) is 13.2 Å². The van der Waals surface area contributed by atoms with Crippen LogP contribution in [-0.2, 0) is 17.5 Å². The van der Waals surface area contributed by atoms with Crippen molar-refractivity contribution in [1.82, 2.24) is 9.97 Å². The Morgan fingerprint density at radius 1 is 1.23 bits per heavy atom. The first-order valence-electron chi connectivity index (χ1n) is 6.39. The van der Waals surface area contributed by atoms with Crippen LogP contribution >= 0.6 is 0 Å². The molecule has 4 nitrogen and oxygen atoms in total. The van der Waals surface area contributed by atoms with Crippen molar-refractivity contribution in [3.8, 4) is 11.5 Å². The minimum atomic E-state index is -4.41. The fourth-order valence-electron chi connectivity index (χ4n) is 2.13. The van der Waals surface area contributed by atoms with Gasteiger partial charge in [-0.3, -0.25) is 4.98 Å². The lowest BCUT2D eigenvalue weighted by Gasteiger charge is -2.04. The van der Waals surface area contributed by atoms with Gasteiger partial charge >= 0.3 is 6.18 Å². The van der Waals surface area contributed by atoms with Gasteiger partial charge in [0.05, 0.1) is 12.2 Å². The van der Waals surface area contributed by atoms with E-state index in [1.165, 1.54) is 6.07 Å². The van der Waals surface area contributed by atoms with Crippen molar-refractivity contribution >= 4 is 11.1 Å². The van der Waals surface area contributed by atoms with E-state index >= 15 is 0 Å². The van der Waals surface area contributed by atoms with Gasteiger partial charge in [0.2, 0.25) is 5.89 Å². The highest BCUT2D eigenvalue weighted by molar-refractivity contribution is 5.77. The molecular formula is C15H11F3N2O2. The molecule has 22 heavy (non-hydrogen) atoms. The first-order valence-corrected chi connectivity index (χ1v) is 6.39. The Hall–Kier alpha value is -2.41. The number of alkyl halides is 3. The maximum atomic E-state index is 12.7. The Morgan fingerprint density at radius 3 is 2.77 bits per heavy atom. The van der Waals surface area contributed by atoms with Crippen LogP contribution < -0.4 is 0 Å². The maximum absolute atomic E-state index is 12.7. The van der Waals surface area contributed by atoms with Gasteiger partial charge in [0, 0.05) is 30.6 Å². The largest absolute Gasteiger partial charge is 0.436 e. The number of benzene rings is 1. The van der Waals surface area contributed by atoms with Gasteiger partial charge in [-0.1, -0.05) is 0 Å². The fourth-order valence-corrected chi connectivity index (χ4v) is 2.13. The van der Waals surface area contributed by atoms with E-state index in [-0.39, 0.29) is 11.4 Å². The molecule has 0 amide bonds. The number of aromatic nitrogens is 2. The van der Waals surface area contributed by atoms with Gasteiger partial charge in [0.25, 0.3) is 0 Å². The highest BCUT2D eigenvalue weighted by Gasteiger charge is 2.31. The molecular weight excluding hydrogens is 297 g/mol. The summed E-state index contributed by atoms with van der Waals surface area (Å²) < 4.78 is 48.8. The second-order valence-corrected chi connectivity index (χ2v) is 4.67. The fraction of sp³-hybridized carbons (Fsp3) is 0.200. The molecule has 0 aliphatic carbocycles. The predicted octanol–water partition coefficient (Wildman–Crippen LogP) is 4.06. The number of pyridine rings is 1. The predicted molar refractivity (Wildman–Crippen MR) is 73.0 cm³/mol. The van der Waals surface area contributed by atoms with Crippen molar-refractivity contribution in [3.05, 3.63) is 47.8 Å². The van der Waals surface area contributed by atoms with Crippen LogP contribution in [-0.4, -0.2) is 17.1 Å². The van der Waals surface area contributed by atoms with Gasteiger partial charge in [-0.2, -0.15) is 13.2 Å². The lowest BCUT2D eigenvalue weighted by Crippen LogP contribution is -2.03. The van der Waals surface area contributed by atoms with E-state index in [0.717, 1.165) is 17.7 Å². The Morgan fingerprint density at radius 2 is 2.05 bits per heavy atom. The monoisotopic (exact) mass is 308 g/mol. The summed E-state index contributed by atoms with van der Waals surface area (Å²) in [6.07, 6.45) is -1.25. The van der Waals surface area contributed by atoms with Crippen molar-refractivity contribution in [2.24, 2.45) is 0 Å². The molecule has 0 saturated heterocycles. The summed E-state index contributed by atoms with van der Waals surface area (Å²) in [6.45, 7) is 0.301. The summed E-state index contributed by atoms with van der Waals surface area (Å²) in [4.78, 5) is 8.14. The smallest absolute Gasteiger partial charge is 0.416 e. The molecule has 7 heteroatoms. The molecule has 0 saturated carbocycles. The van der Waals surface area contributed by atoms with E-state index in [1.807, 2.05) is 0 Å². The molecule has 3 rings (SSSR count). The number of ether oxygens (including phenoxy) is 1. The second-order valence-electron chi connectivity index (χ2n) is 4.67. The molecule has 3 aromatic rings. The molecule has 0 bridgehead atoms. The zero-order valence-electron chi connectivity index (χ0n) is 11.5. The molecule has 2 heterocycles. The van der Waals surface area contributed by atoms with E-state index < -0.39 is 11.7 Å².